The summed E-state index contributed by atoms with van der Waals surface area (Å²) < 4.78 is 6.26. The van der Waals surface area contributed by atoms with Crippen LogP contribution < -0.4 is 4.74 Å². The minimum Gasteiger partial charge on any atom is -0.474 e. The van der Waals surface area contributed by atoms with Crippen molar-refractivity contribution in [1.82, 2.24) is 9.97 Å². The topological polar surface area (TPSA) is 35.0 Å². The molecule has 2 aromatic heterocycles. The molecule has 3 nitrogen and oxygen atoms in total. The van der Waals surface area contributed by atoms with Crippen molar-refractivity contribution in [1.29, 1.82) is 0 Å². The number of aryl methyl sites for hydroxylation is 1. The van der Waals surface area contributed by atoms with E-state index in [0.29, 0.717) is 12.0 Å². The van der Waals surface area contributed by atoms with E-state index < -0.39 is 0 Å². The highest BCUT2D eigenvalue weighted by Crippen LogP contribution is 2.45. The summed E-state index contributed by atoms with van der Waals surface area (Å²) in [7, 11) is 0. The SMILES string of the molecule is C[C@H]1CCc2sc3ncnc(OC4CCCCC4)c3c21. The van der Waals surface area contributed by atoms with Gasteiger partial charge >= 0.3 is 0 Å². The molecule has 106 valence electrons. The first kappa shape index (κ1) is 12.6. The molecule has 0 aliphatic heterocycles. The van der Waals surface area contributed by atoms with Crippen LogP contribution in [0.5, 0.6) is 5.88 Å². The molecule has 1 atom stereocenters. The van der Waals surface area contributed by atoms with Crippen molar-refractivity contribution >= 4 is 21.6 Å². The molecular weight excluding hydrogens is 268 g/mol. The van der Waals surface area contributed by atoms with Crippen molar-refractivity contribution in [3.8, 4) is 5.88 Å². The number of aromatic nitrogens is 2. The number of hydrogen-bond donors (Lipinski definition) is 0. The van der Waals surface area contributed by atoms with Crippen molar-refractivity contribution in [3.63, 3.8) is 0 Å². The van der Waals surface area contributed by atoms with Gasteiger partial charge < -0.3 is 4.74 Å². The van der Waals surface area contributed by atoms with Gasteiger partial charge in [-0.2, -0.15) is 0 Å². The first-order chi connectivity index (χ1) is 9.83. The van der Waals surface area contributed by atoms with Gasteiger partial charge in [0.1, 0.15) is 17.3 Å². The maximum Gasteiger partial charge on any atom is 0.225 e. The number of fused-ring (bicyclic) bond motifs is 3. The Morgan fingerprint density at radius 2 is 2.00 bits per heavy atom. The summed E-state index contributed by atoms with van der Waals surface area (Å²) in [6.07, 6.45) is 10.7. The van der Waals surface area contributed by atoms with E-state index in [1.807, 2.05) is 11.3 Å². The Morgan fingerprint density at radius 3 is 2.85 bits per heavy atom. The van der Waals surface area contributed by atoms with Crippen LogP contribution in [0.25, 0.3) is 10.2 Å². The van der Waals surface area contributed by atoms with Crippen LogP contribution >= 0.6 is 11.3 Å². The number of ether oxygens (including phenoxy) is 1. The van der Waals surface area contributed by atoms with Crippen LogP contribution in [0.3, 0.4) is 0 Å². The Morgan fingerprint density at radius 1 is 1.15 bits per heavy atom. The Kier molecular flexibility index (Phi) is 3.14. The van der Waals surface area contributed by atoms with Gasteiger partial charge in [-0.3, -0.25) is 0 Å². The van der Waals surface area contributed by atoms with Gasteiger partial charge in [0, 0.05) is 4.88 Å². The highest BCUT2D eigenvalue weighted by molar-refractivity contribution is 7.19. The second-order valence-corrected chi connectivity index (χ2v) is 7.20. The van der Waals surface area contributed by atoms with Crippen LogP contribution in [0.4, 0.5) is 0 Å². The smallest absolute Gasteiger partial charge is 0.225 e. The fourth-order valence-electron chi connectivity index (χ4n) is 3.60. The van der Waals surface area contributed by atoms with E-state index >= 15 is 0 Å². The van der Waals surface area contributed by atoms with Gasteiger partial charge in [-0.05, 0) is 50.0 Å². The third-order valence-electron chi connectivity index (χ3n) is 4.70. The summed E-state index contributed by atoms with van der Waals surface area (Å²) in [6.45, 7) is 2.31. The maximum atomic E-state index is 6.26. The van der Waals surface area contributed by atoms with Crippen LogP contribution in [0, 0.1) is 0 Å². The van der Waals surface area contributed by atoms with E-state index in [1.165, 1.54) is 60.8 Å². The van der Waals surface area contributed by atoms with Crippen LogP contribution in [0.2, 0.25) is 0 Å². The molecule has 1 fully saturated rings. The monoisotopic (exact) mass is 288 g/mol. The molecule has 20 heavy (non-hydrogen) atoms. The molecule has 4 heteroatoms. The standard InChI is InChI=1S/C16H20N2OS/c1-10-7-8-12-13(10)14-15(17-9-18-16(14)20-12)19-11-5-3-2-4-6-11/h9-11H,2-8H2,1H3/t10-/m0/s1. The van der Waals surface area contributed by atoms with Crippen LogP contribution in [-0.4, -0.2) is 16.1 Å². The molecule has 2 aromatic rings. The van der Waals surface area contributed by atoms with Gasteiger partial charge in [0.15, 0.2) is 0 Å². The van der Waals surface area contributed by atoms with Gasteiger partial charge in [0.2, 0.25) is 5.88 Å². The minimum atomic E-state index is 0.356. The summed E-state index contributed by atoms with van der Waals surface area (Å²) in [5, 5.41) is 1.21. The molecule has 2 aliphatic carbocycles. The Hall–Kier alpha value is -1.16. The lowest BCUT2D eigenvalue weighted by molar-refractivity contribution is 0.150. The summed E-state index contributed by atoms with van der Waals surface area (Å²) in [6, 6.07) is 0. The largest absolute Gasteiger partial charge is 0.474 e. The molecular formula is C16H20N2OS. The van der Waals surface area contributed by atoms with E-state index in [0.717, 1.165) is 10.7 Å². The Labute approximate surface area is 123 Å². The third kappa shape index (κ3) is 2.01. The molecule has 0 saturated heterocycles. The van der Waals surface area contributed by atoms with Crippen LogP contribution in [-0.2, 0) is 6.42 Å². The minimum absolute atomic E-state index is 0.356. The van der Waals surface area contributed by atoms with Gasteiger partial charge in [-0.15, -0.1) is 11.3 Å². The quantitative estimate of drug-likeness (QED) is 0.818. The molecule has 0 radical (unpaired) electrons. The predicted molar refractivity (Wildman–Crippen MR) is 81.7 cm³/mol. The molecule has 0 aromatic carbocycles. The van der Waals surface area contributed by atoms with Crippen LogP contribution in [0.15, 0.2) is 6.33 Å². The normalized spacial score (nSPS) is 23.1. The first-order valence-corrected chi connectivity index (χ1v) is 8.57. The number of rotatable bonds is 2. The molecule has 0 N–H and O–H groups in total. The zero-order valence-corrected chi connectivity index (χ0v) is 12.7. The average molecular weight is 288 g/mol. The summed E-state index contributed by atoms with van der Waals surface area (Å²) in [5.41, 5.74) is 1.47. The van der Waals surface area contributed by atoms with Crippen molar-refractivity contribution < 1.29 is 4.74 Å². The lowest BCUT2D eigenvalue weighted by Crippen LogP contribution is -2.20. The molecule has 2 heterocycles. The third-order valence-corrected chi connectivity index (χ3v) is 5.87. The van der Waals surface area contributed by atoms with Crippen LogP contribution in [0.1, 0.15) is 61.8 Å². The Bertz CT molecular complexity index is 631. The highest BCUT2D eigenvalue weighted by Gasteiger charge is 2.28. The van der Waals surface area contributed by atoms with Gasteiger partial charge in [0.05, 0.1) is 5.39 Å². The molecule has 4 rings (SSSR count). The van der Waals surface area contributed by atoms with Crippen molar-refractivity contribution in [2.24, 2.45) is 0 Å². The molecule has 2 aliphatic rings. The van der Waals surface area contributed by atoms with Crippen molar-refractivity contribution in [3.05, 3.63) is 16.8 Å². The van der Waals surface area contributed by atoms with Crippen molar-refractivity contribution in [2.45, 2.75) is 63.9 Å². The predicted octanol–water partition coefficient (Wildman–Crippen LogP) is 4.45. The second-order valence-electron chi connectivity index (χ2n) is 6.12. The van der Waals surface area contributed by atoms with Gasteiger partial charge in [0.25, 0.3) is 0 Å². The molecule has 0 spiro atoms. The molecule has 0 bridgehead atoms. The number of thiophene rings is 1. The number of nitrogens with zero attached hydrogens (tertiary/aromatic N) is 2. The van der Waals surface area contributed by atoms with E-state index in [9.17, 15) is 0 Å². The number of hydrogen-bond acceptors (Lipinski definition) is 4. The molecule has 0 amide bonds. The van der Waals surface area contributed by atoms with Gasteiger partial charge in [-0.25, -0.2) is 9.97 Å². The highest BCUT2D eigenvalue weighted by atomic mass is 32.1. The molecule has 1 saturated carbocycles. The van der Waals surface area contributed by atoms with E-state index in [-0.39, 0.29) is 0 Å². The average Bonchev–Trinajstić information content (AvgIpc) is 3.01. The van der Waals surface area contributed by atoms with E-state index in [4.69, 9.17) is 4.74 Å². The fourth-order valence-corrected chi connectivity index (χ4v) is 4.87. The lowest BCUT2D eigenvalue weighted by Gasteiger charge is -2.22. The van der Waals surface area contributed by atoms with E-state index in [2.05, 4.69) is 16.9 Å². The van der Waals surface area contributed by atoms with E-state index in [1.54, 1.807) is 6.33 Å². The Balaban J connectivity index is 1.75. The van der Waals surface area contributed by atoms with Gasteiger partial charge in [-0.1, -0.05) is 13.3 Å². The summed E-state index contributed by atoms with van der Waals surface area (Å²) in [5.74, 6) is 1.46. The lowest BCUT2D eigenvalue weighted by atomic mass is 9.98. The molecule has 0 unspecified atom stereocenters. The second kappa shape index (κ2) is 4.99. The van der Waals surface area contributed by atoms with Crippen molar-refractivity contribution in [2.75, 3.05) is 0 Å². The fraction of sp³-hybridized carbons (Fsp3) is 0.625. The first-order valence-electron chi connectivity index (χ1n) is 7.76. The summed E-state index contributed by atoms with van der Waals surface area (Å²) >= 11 is 1.84. The zero-order valence-electron chi connectivity index (χ0n) is 11.9. The summed E-state index contributed by atoms with van der Waals surface area (Å²) in [4.78, 5) is 11.5. The zero-order chi connectivity index (χ0) is 13.5. The maximum absolute atomic E-state index is 6.26.